The summed E-state index contributed by atoms with van der Waals surface area (Å²) in [7, 11) is -3.70. The maximum atomic E-state index is 12.5. The minimum Gasteiger partial charge on any atom is -0.316 e. The average molecular weight is 387 g/mol. The zero-order valence-electron chi connectivity index (χ0n) is 15.1. The number of H-pyrrole nitrogens is 1. The van der Waals surface area contributed by atoms with Crippen molar-refractivity contribution in [1.82, 2.24) is 14.3 Å². The van der Waals surface area contributed by atoms with E-state index in [1.54, 1.807) is 48.5 Å². The number of rotatable bonds is 6. The molecule has 0 aliphatic carbocycles. The van der Waals surface area contributed by atoms with Gasteiger partial charge in [-0.1, -0.05) is 38.1 Å². The predicted molar refractivity (Wildman–Crippen MR) is 105 cm³/mol. The number of aromatic nitrogens is 2. The van der Waals surface area contributed by atoms with Crippen LogP contribution in [0.5, 0.6) is 0 Å². The van der Waals surface area contributed by atoms with Crippen molar-refractivity contribution in [3.8, 4) is 0 Å². The van der Waals surface area contributed by atoms with Gasteiger partial charge in [-0.25, -0.2) is 13.1 Å². The number of hydrogen-bond acceptors (Lipinski definition) is 4. The van der Waals surface area contributed by atoms with Gasteiger partial charge in [-0.05, 0) is 35.7 Å². The molecule has 0 unspecified atom stereocenters. The molecule has 0 aliphatic rings. The third-order valence-corrected chi connectivity index (χ3v) is 5.84. The van der Waals surface area contributed by atoms with Gasteiger partial charge in [0.1, 0.15) is 0 Å². The van der Waals surface area contributed by atoms with Crippen LogP contribution in [0.2, 0.25) is 0 Å². The van der Waals surface area contributed by atoms with E-state index in [0.29, 0.717) is 17.0 Å². The van der Waals surface area contributed by atoms with E-state index in [0.717, 1.165) is 5.56 Å². The Morgan fingerprint density at radius 3 is 2.37 bits per heavy atom. The summed E-state index contributed by atoms with van der Waals surface area (Å²) >= 11 is 0. The smallest absolute Gasteiger partial charge is 0.316 e. The zero-order chi connectivity index (χ0) is 19.6. The molecule has 0 saturated carbocycles. The highest BCUT2D eigenvalue weighted by Gasteiger charge is 2.14. The SMILES string of the molecule is CC(C)c1ccc(S(=O)(=O)NCCn2c(=O)c(=O)[nH]c3ccccc32)cc1. The highest BCUT2D eigenvalue weighted by Crippen LogP contribution is 2.17. The molecule has 0 spiro atoms. The van der Waals surface area contributed by atoms with Gasteiger partial charge in [0.15, 0.2) is 0 Å². The molecular weight excluding hydrogens is 366 g/mol. The molecule has 27 heavy (non-hydrogen) atoms. The predicted octanol–water partition coefficient (Wildman–Crippen LogP) is 1.79. The van der Waals surface area contributed by atoms with E-state index in [9.17, 15) is 18.0 Å². The summed E-state index contributed by atoms with van der Waals surface area (Å²) < 4.78 is 28.7. The zero-order valence-corrected chi connectivity index (χ0v) is 15.9. The number of hydrogen-bond donors (Lipinski definition) is 2. The van der Waals surface area contributed by atoms with Crippen molar-refractivity contribution in [2.24, 2.45) is 0 Å². The fourth-order valence-electron chi connectivity index (χ4n) is 2.85. The van der Waals surface area contributed by atoms with Crippen LogP contribution in [-0.4, -0.2) is 24.5 Å². The van der Waals surface area contributed by atoms with Gasteiger partial charge < -0.3 is 9.55 Å². The van der Waals surface area contributed by atoms with Crippen LogP contribution in [0.1, 0.15) is 25.3 Å². The van der Waals surface area contributed by atoms with E-state index in [-0.39, 0.29) is 18.0 Å². The van der Waals surface area contributed by atoms with Crippen molar-refractivity contribution >= 4 is 21.1 Å². The Labute approximate surface area is 156 Å². The molecule has 7 nitrogen and oxygen atoms in total. The second-order valence-corrected chi connectivity index (χ2v) is 8.32. The number of para-hydroxylation sites is 2. The molecule has 0 fully saturated rings. The molecule has 0 saturated heterocycles. The normalized spacial score (nSPS) is 12.0. The van der Waals surface area contributed by atoms with Crippen LogP contribution in [0.3, 0.4) is 0 Å². The average Bonchev–Trinajstić information content (AvgIpc) is 2.65. The Balaban J connectivity index is 1.80. The fourth-order valence-corrected chi connectivity index (χ4v) is 3.87. The molecule has 2 aromatic carbocycles. The van der Waals surface area contributed by atoms with E-state index in [2.05, 4.69) is 9.71 Å². The standard InChI is InChI=1S/C19H21N3O4S/c1-13(2)14-7-9-15(10-8-14)27(25,26)20-11-12-22-17-6-4-3-5-16(17)21-18(23)19(22)24/h3-10,13,20H,11-12H2,1-2H3,(H,21,23). The third-order valence-electron chi connectivity index (χ3n) is 4.37. The summed E-state index contributed by atoms with van der Waals surface area (Å²) in [6.45, 7) is 4.10. The third kappa shape index (κ3) is 4.01. The number of nitrogens with zero attached hydrogens (tertiary/aromatic N) is 1. The topological polar surface area (TPSA) is 101 Å². The summed E-state index contributed by atoms with van der Waals surface area (Å²) in [6.07, 6.45) is 0. The second kappa shape index (κ2) is 7.50. The maximum Gasteiger partial charge on any atom is 0.316 e. The largest absolute Gasteiger partial charge is 0.316 e. The van der Waals surface area contributed by atoms with Crippen LogP contribution in [-0.2, 0) is 16.6 Å². The van der Waals surface area contributed by atoms with Crippen LogP contribution in [0.25, 0.3) is 11.0 Å². The lowest BCUT2D eigenvalue weighted by Crippen LogP contribution is -2.39. The first kappa shape index (κ1) is 19.1. The lowest BCUT2D eigenvalue weighted by atomic mass is 10.0. The van der Waals surface area contributed by atoms with Crippen molar-refractivity contribution in [2.45, 2.75) is 31.2 Å². The summed E-state index contributed by atoms with van der Waals surface area (Å²) in [6, 6.07) is 13.6. The quantitative estimate of drug-likeness (QED) is 0.630. The van der Waals surface area contributed by atoms with Gasteiger partial charge >= 0.3 is 11.1 Å². The maximum absolute atomic E-state index is 12.5. The summed E-state index contributed by atoms with van der Waals surface area (Å²) in [5, 5.41) is 0. The summed E-state index contributed by atoms with van der Waals surface area (Å²) in [5.74, 6) is 0.311. The molecule has 3 rings (SSSR count). The van der Waals surface area contributed by atoms with Crippen molar-refractivity contribution in [3.63, 3.8) is 0 Å². The monoisotopic (exact) mass is 387 g/mol. The summed E-state index contributed by atoms with van der Waals surface area (Å²) in [4.78, 5) is 26.6. The number of nitrogens with one attached hydrogen (secondary N) is 2. The van der Waals surface area contributed by atoms with Gasteiger partial charge in [0, 0.05) is 13.1 Å². The van der Waals surface area contributed by atoms with Crippen molar-refractivity contribution < 1.29 is 8.42 Å². The summed E-state index contributed by atoms with van der Waals surface area (Å²) in [5.41, 5.74) is 0.669. The van der Waals surface area contributed by atoms with E-state index >= 15 is 0 Å². The Bertz CT molecular complexity index is 1180. The molecule has 3 aromatic rings. The second-order valence-electron chi connectivity index (χ2n) is 6.55. The van der Waals surface area contributed by atoms with Gasteiger partial charge in [0.05, 0.1) is 15.9 Å². The van der Waals surface area contributed by atoms with E-state index in [1.165, 1.54) is 4.57 Å². The minimum absolute atomic E-state index is 0.0123. The van der Waals surface area contributed by atoms with Gasteiger partial charge in [-0.15, -0.1) is 0 Å². The highest BCUT2D eigenvalue weighted by atomic mass is 32.2. The highest BCUT2D eigenvalue weighted by molar-refractivity contribution is 7.89. The number of sulfonamides is 1. The molecule has 0 bridgehead atoms. The molecule has 0 radical (unpaired) electrons. The van der Waals surface area contributed by atoms with Crippen LogP contribution in [0, 0.1) is 0 Å². The van der Waals surface area contributed by atoms with Crippen molar-refractivity contribution in [3.05, 3.63) is 74.8 Å². The van der Waals surface area contributed by atoms with E-state index in [4.69, 9.17) is 0 Å². The number of benzene rings is 2. The molecule has 142 valence electrons. The van der Waals surface area contributed by atoms with Gasteiger partial charge in [-0.3, -0.25) is 9.59 Å². The van der Waals surface area contributed by atoms with E-state index < -0.39 is 21.1 Å². The van der Waals surface area contributed by atoms with Gasteiger partial charge in [0.2, 0.25) is 10.0 Å². The van der Waals surface area contributed by atoms with Gasteiger partial charge in [-0.2, -0.15) is 0 Å². The molecule has 1 aromatic heterocycles. The molecule has 2 N–H and O–H groups in total. The minimum atomic E-state index is -3.70. The molecule has 8 heteroatoms. The van der Waals surface area contributed by atoms with Gasteiger partial charge in [0.25, 0.3) is 0 Å². The van der Waals surface area contributed by atoms with Crippen LogP contribution < -0.4 is 15.8 Å². The van der Waals surface area contributed by atoms with Crippen molar-refractivity contribution in [1.29, 1.82) is 0 Å². The Morgan fingerprint density at radius 1 is 1.04 bits per heavy atom. The molecule has 0 aliphatic heterocycles. The molecule has 0 atom stereocenters. The molecule has 0 amide bonds. The lowest BCUT2D eigenvalue weighted by Gasteiger charge is -2.11. The Hall–Kier alpha value is -2.71. The van der Waals surface area contributed by atoms with Crippen LogP contribution in [0.4, 0.5) is 0 Å². The number of aromatic amines is 1. The first-order valence-corrected chi connectivity index (χ1v) is 10.1. The molecular formula is C19H21N3O4S. The first-order valence-electron chi connectivity index (χ1n) is 8.61. The lowest BCUT2D eigenvalue weighted by molar-refractivity contribution is 0.572. The first-order chi connectivity index (χ1) is 12.8. The van der Waals surface area contributed by atoms with Crippen LogP contribution >= 0.6 is 0 Å². The Kier molecular flexibility index (Phi) is 5.29. The fraction of sp³-hybridized carbons (Fsp3) is 0.263. The van der Waals surface area contributed by atoms with Crippen molar-refractivity contribution in [2.75, 3.05) is 6.54 Å². The number of fused-ring (bicyclic) bond motifs is 1. The Morgan fingerprint density at radius 2 is 1.70 bits per heavy atom. The van der Waals surface area contributed by atoms with E-state index in [1.807, 2.05) is 13.8 Å². The van der Waals surface area contributed by atoms with Crippen LogP contribution in [0.15, 0.2) is 63.0 Å². The molecule has 1 heterocycles.